The van der Waals surface area contributed by atoms with E-state index in [-0.39, 0.29) is 5.91 Å². The number of nitrogens with zero attached hydrogens (tertiary/aromatic N) is 1. The lowest BCUT2D eigenvalue weighted by Gasteiger charge is -2.23. The Hall–Kier alpha value is -1.10. The number of amides is 1. The fraction of sp³-hybridized carbons (Fsp3) is 0.818. The van der Waals surface area contributed by atoms with E-state index in [9.17, 15) is 14.7 Å². The molecule has 2 N–H and O–H groups in total. The molecule has 1 rings (SSSR count). The third-order valence-electron chi connectivity index (χ3n) is 3.43. The normalized spacial score (nSPS) is 24.8. The van der Waals surface area contributed by atoms with Crippen molar-refractivity contribution in [2.45, 2.75) is 26.2 Å². The maximum atomic E-state index is 11.7. The summed E-state index contributed by atoms with van der Waals surface area (Å²) in [6.07, 6.45) is 1.60. The molecule has 92 valence electrons. The van der Waals surface area contributed by atoms with Crippen LogP contribution in [0.4, 0.5) is 0 Å². The summed E-state index contributed by atoms with van der Waals surface area (Å²) in [5.74, 6) is -0.732. The first-order valence-corrected chi connectivity index (χ1v) is 5.71. The van der Waals surface area contributed by atoms with Crippen LogP contribution in [0.5, 0.6) is 0 Å². The van der Waals surface area contributed by atoms with Crippen LogP contribution in [0.3, 0.4) is 0 Å². The third-order valence-corrected chi connectivity index (χ3v) is 3.43. The molecule has 0 saturated carbocycles. The maximum absolute atomic E-state index is 11.7. The van der Waals surface area contributed by atoms with Gasteiger partial charge in [0.15, 0.2) is 0 Å². The molecule has 0 radical (unpaired) electrons. The van der Waals surface area contributed by atoms with E-state index in [4.69, 9.17) is 0 Å². The minimum absolute atomic E-state index is 0.0472. The van der Waals surface area contributed by atoms with E-state index < -0.39 is 11.4 Å². The minimum atomic E-state index is -0.779. The van der Waals surface area contributed by atoms with Gasteiger partial charge in [-0.2, -0.15) is 0 Å². The second-order valence-electron chi connectivity index (χ2n) is 4.36. The zero-order chi connectivity index (χ0) is 12.2. The molecule has 1 atom stereocenters. The van der Waals surface area contributed by atoms with Crippen molar-refractivity contribution in [1.29, 1.82) is 0 Å². The van der Waals surface area contributed by atoms with E-state index in [0.29, 0.717) is 38.9 Å². The van der Waals surface area contributed by atoms with Crippen LogP contribution in [0.2, 0.25) is 0 Å². The van der Waals surface area contributed by atoms with Gasteiger partial charge in [0.05, 0.1) is 5.41 Å². The molecule has 0 aliphatic carbocycles. The zero-order valence-electron chi connectivity index (χ0n) is 9.95. The van der Waals surface area contributed by atoms with Gasteiger partial charge in [0, 0.05) is 26.1 Å². The molecule has 0 aromatic rings. The van der Waals surface area contributed by atoms with Gasteiger partial charge in [-0.25, -0.2) is 0 Å². The molecule has 1 unspecified atom stereocenters. The number of carboxylic acids is 1. The first-order valence-electron chi connectivity index (χ1n) is 5.71. The number of rotatable bonds is 5. The maximum Gasteiger partial charge on any atom is 0.311 e. The SMILES string of the molecule is CCC1(C(=O)O)CCN(C(=O)CCNC)C1. The van der Waals surface area contributed by atoms with E-state index in [1.54, 1.807) is 11.9 Å². The smallest absolute Gasteiger partial charge is 0.311 e. The van der Waals surface area contributed by atoms with Crippen LogP contribution in [0, 0.1) is 5.41 Å². The Morgan fingerprint density at radius 3 is 2.62 bits per heavy atom. The molecular formula is C11H20N2O3. The fourth-order valence-electron chi connectivity index (χ4n) is 2.09. The molecule has 0 aromatic heterocycles. The second-order valence-corrected chi connectivity index (χ2v) is 4.36. The van der Waals surface area contributed by atoms with Gasteiger partial charge in [-0.05, 0) is 19.9 Å². The molecule has 1 aliphatic heterocycles. The average molecular weight is 228 g/mol. The molecule has 5 heteroatoms. The van der Waals surface area contributed by atoms with Crippen LogP contribution in [0.15, 0.2) is 0 Å². The van der Waals surface area contributed by atoms with Gasteiger partial charge in [0.25, 0.3) is 0 Å². The number of carbonyl (C=O) groups is 2. The van der Waals surface area contributed by atoms with Crippen molar-refractivity contribution < 1.29 is 14.7 Å². The van der Waals surface area contributed by atoms with Gasteiger partial charge in [-0.1, -0.05) is 6.92 Å². The summed E-state index contributed by atoms with van der Waals surface area (Å²) in [4.78, 5) is 24.6. The second kappa shape index (κ2) is 5.30. The van der Waals surface area contributed by atoms with Gasteiger partial charge in [-0.3, -0.25) is 9.59 Å². The van der Waals surface area contributed by atoms with Gasteiger partial charge < -0.3 is 15.3 Å². The summed E-state index contributed by atoms with van der Waals surface area (Å²) < 4.78 is 0. The summed E-state index contributed by atoms with van der Waals surface area (Å²) in [6.45, 7) is 3.45. The lowest BCUT2D eigenvalue weighted by atomic mass is 9.84. The number of carboxylic acid groups (broad SMARTS) is 1. The Kier molecular flexibility index (Phi) is 4.29. The molecule has 1 fully saturated rings. The van der Waals surface area contributed by atoms with Crippen molar-refractivity contribution in [3.05, 3.63) is 0 Å². The summed E-state index contributed by atoms with van der Waals surface area (Å²) in [5.41, 5.74) is -0.713. The average Bonchev–Trinajstić information content (AvgIpc) is 2.71. The zero-order valence-corrected chi connectivity index (χ0v) is 9.95. The van der Waals surface area contributed by atoms with Crippen molar-refractivity contribution in [3.8, 4) is 0 Å². The molecule has 1 aliphatic rings. The van der Waals surface area contributed by atoms with Gasteiger partial charge in [0.1, 0.15) is 0 Å². The van der Waals surface area contributed by atoms with Crippen LogP contribution in [0.1, 0.15) is 26.2 Å². The summed E-state index contributed by atoms with van der Waals surface area (Å²) in [6, 6.07) is 0. The monoisotopic (exact) mass is 228 g/mol. The van der Waals surface area contributed by atoms with Crippen molar-refractivity contribution in [3.63, 3.8) is 0 Å². The Morgan fingerprint density at radius 2 is 2.19 bits per heavy atom. The minimum Gasteiger partial charge on any atom is -0.481 e. The van der Waals surface area contributed by atoms with Crippen molar-refractivity contribution in [2.75, 3.05) is 26.7 Å². The molecule has 16 heavy (non-hydrogen) atoms. The van der Waals surface area contributed by atoms with Crippen molar-refractivity contribution >= 4 is 11.9 Å². The van der Waals surface area contributed by atoms with Gasteiger partial charge in [-0.15, -0.1) is 0 Å². The highest BCUT2D eigenvalue weighted by Gasteiger charge is 2.44. The highest BCUT2D eigenvalue weighted by Crippen LogP contribution is 2.34. The van der Waals surface area contributed by atoms with Crippen LogP contribution in [-0.4, -0.2) is 48.6 Å². The Bertz CT molecular complexity index is 280. The largest absolute Gasteiger partial charge is 0.481 e. The first kappa shape index (κ1) is 13.0. The van der Waals surface area contributed by atoms with Gasteiger partial charge in [0.2, 0.25) is 5.91 Å². The van der Waals surface area contributed by atoms with Crippen LogP contribution in [0.25, 0.3) is 0 Å². The fourth-order valence-corrected chi connectivity index (χ4v) is 2.09. The number of hydrogen-bond donors (Lipinski definition) is 2. The van der Waals surface area contributed by atoms with E-state index >= 15 is 0 Å². The summed E-state index contributed by atoms with van der Waals surface area (Å²) in [5, 5.41) is 12.1. The van der Waals surface area contributed by atoms with Crippen molar-refractivity contribution in [2.24, 2.45) is 5.41 Å². The number of carbonyl (C=O) groups excluding carboxylic acids is 1. The van der Waals surface area contributed by atoms with E-state index in [0.717, 1.165) is 0 Å². The number of aliphatic carboxylic acids is 1. The topological polar surface area (TPSA) is 69.6 Å². The Balaban J connectivity index is 2.57. The van der Waals surface area contributed by atoms with Gasteiger partial charge >= 0.3 is 5.97 Å². The molecule has 0 bridgehead atoms. The number of nitrogens with one attached hydrogen (secondary N) is 1. The van der Waals surface area contributed by atoms with E-state index in [1.807, 2.05) is 6.92 Å². The summed E-state index contributed by atoms with van der Waals surface area (Å²) in [7, 11) is 1.80. The van der Waals surface area contributed by atoms with E-state index in [1.165, 1.54) is 0 Å². The lowest BCUT2D eigenvalue weighted by Crippen LogP contribution is -2.37. The van der Waals surface area contributed by atoms with Crippen LogP contribution in [-0.2, 0) is 9.59 Å². The highest BCUT2D eigenvalue weighted by molar-refractivity contribution is 5.80. The summed E-state index contributed by atoms with van der Waals surface area (Å²) >= 11 is 0. The van der Waals surface area contributed by atoms with Crippen molar-refractivity contribution in [1.82, 2.24) is 10.2 Å². The lowest BCUT2D eigenvalue weighted by molar-refractivity contribution is -0.148. The Morgan fingerprint density at radius 1 is 1.50 bits per heavy atom. The number of likely N-dealkylation sites (tertiary alicyclic amines) is 1. The predicted octanol–water partition coefficient (Wildman–Crippen LogP) is 0.309. The van der Waals surface area contributed by atoms with Crippen LogP contribution >= 0.6 is 0 Å². The third kappa shape index (κ3) is 2.52. The molecule has 0 aromatic carbocycles. The molecule has 1 saturated heterocycles. The molecular weight excluding hydrogens is 208 g/mol. The Labute approximate surface area is 95.8 Å². The molecule has 0 spiro atoms. The molecule has 1 amide bonds. The molecule has 5 nitrogen and oxygen atoms in total. The first-order chi connectivity index (χ1) is 7.55. The van der Waals surface area contributed by atoms with Crippen LogP contribution < -0.4 is 5.32 Å². The predicted molar refractivity (Wildman–Crippen MR) is 60.1 cm³/mol. The quantitative estimate of drug-likeness (QED) is 0.710. The standard InChI is InChI=1S/C11H20N2O3/c1-3-11(10(15)16)5-7-13(8-11)9(14)4-6-12-2/h12H,3-8H2,1-2H3,(H,15,16). The molecule has 1 heterocycles. The van der Waals surface area contributed by atoms with E-state index in [2.05, 4.69) is 5.32 Å². The number of hydrogen-bond acceptors (Lipinski definition) is 3. The highest BCUT2D eigenvalue weighted by atomic mass is 16.4.